The van der Waals surface area contributed by atoms with Crippen molar-refractivity contribution < 1.29 is 17.6 Å². The van der Waals surface area contributed by atoms with Crippen LogP contribution in [-0.4, -0.2) is 44.8 Å². The summed E-state index contributed by atoms with van der Waals surface area (Å²) in [5.74, 6) is -0.473. The second kappa shape index (κ2) is 12.2. The van der Waals surface area contributed by atoms with Gasteiger partial charge < -0.3 is 15.5 Å². The molecule has 7 nitrogen and oxygen atoms in total. The third-order valence-electron chi connectivity index (χ3n) is 5.58. The maximum atomic E-state index is 14.8. The topological polar surface area (TPSA) is 103 Å². The van der Waals surface area contributed by atoms with Gasteiger partial charge in [-0.05, 0) is 43.2 Å². The van der Waals surface area contributed by atoms with Crippen molar-refractivity contribution in [3.05, 3.63) is 60.0 Å². The number of aromatic nitrogens is 4. The number of nitrogens with one attached hydrogen (secondary N) is 1. The van der Waals surface area contributed by atoms with Gasteiger partial charge in [0.15, 0.2) is 11.5 Å². The average Bonchev–Trinajstić information content (AvgIpc) is 3.38. The van der Waals surface area contributed by atoms with Crippen molar-refractivity contribution in [3.8, 4) is 34.3 Å². The fourth-order valence-electron chi connectivity index (χ4n) is 3.46. The summed E-state index contributed by atoms with van der Waals surface area (Å²) in [4.78, 5) is 9.79. The molecule has 4 rings (SSSR count). The number of anilines is 1. The van der Waals surface area contributed by atoms with Crippen molar-refractivity contribution in [2.75, 3.05) is 19.1 Å². The molecule has 2 aromatic carbocycles. The lowest BCUT2D eigenvalue weighted by Gasteiger charge is -2.10. The number of thioether (sulfide) groups is 1. The van der Waals surface area contributed by atoms with Crippen LogP contribution < -0.4 is 11.1 Å². The Morgan fingerprint density at radius 2 is 1.81 bits per heavy atom. The van der Waals surface area contributed by atoms with E-state index in [4.69, 9.17) is 10.2 Å². The average molecular weight is 529 g/mol. The third kappa shape index (κ3) is 6.66. The molecule has 194 valence electrons. The van der Waals surface area contributed by atoms with E-state index in [0.29, 0.717) is 24.2 Å². The monoisotopic (exact) mass is 528 g/mol. The van der Waals surface area contributed by atoms with Crippen molar-refractivity contribution in [2.45, 2.75) is 43.0 Å². The molecular weight excluding hydrogens is 501 g/mol. The minimum atomic E-state index is -0.547. The molecule has 37 heavy (non-hydrogen) atoms. The van der Waals surface area contributed by atoms with E-state index in [1.165, 1.54) is 12.1 Å². The van der Waals surface area contributed by atoms with Gasteiger partial charge in [0.2, 0.25) is 0 Å². The van der Waals surface area contributed by atoms with Crippen molar-refractivity contribution in [1.29, 1.82) is 0 Å². The van der Waals surface area contributed by atoms with Gasteiger partial charge >= 0.3 is 0 Å². The molecule has 0 aliphatic rings. The molecule has 0 saturated carbocycles. The lowest BCUT2D eigenvalue weighted by molar-refractivity contribution is 0.391. The molecule has 2 atom stereocenters. The van der Waals surface area contributed by atoms with E-state index in [2.05, 4.69) is 25.5 Å². The predicted molar refractivity (Wildman–Crippen MR) is 139 cm³/mol. The molecule has 0 aliphatic carbocycles. The number of benzene rings is 2. The maximum Gasteiger partial charge on any atom is 0.270 e. The molecule has 2 unspecified atom stereocenters. The summed E-state index contributed by atoms with van der Waals surface area (Å²) < 4.78 is 45.7. The zero-order chi connectivity index (χ0) is 26.4. The molecule has 2 heterocycles. The van der Waals surface area contributed by atoms with Gasteiger partial charge in [0.05, 0.1) is 24.1 Å². The highest BCUT2D eigenvalue weighted by atomic mass is 32.2. The van der Waals surface area contributed by atoms with Gasteiger partial charge in [-0.25, -0.2) is 18.7 Å². The van der Waals surface area contributed by atoms with Crippen LogP contribution in [0.1, 0.15) is 25.8 Å². The zero-order valence-electron chi connectivity index (χ0n) is 20.4. The van der Waals surface area contributed by atoms with Crippen LogP contribution in [0.15, 0.2) is 58.0 Å². The standard InChI is InChI=1S/C26H27F3N6OS/c1-15(12-28)31-13-17-3-8-20(21(29)11-17)25-34-35-26(36-25)23-24(30)32-14-22(33-23)18-4-6-19(7-5-18)37-16(2)9-10-27/h3-8,11,14-16,31H,9-10,12-13H2,1-2H3,(H2,30,32). The number of nitrogens with two attached hydrogens (primary N) is 1. The first kappa shape index (κ1) is 26.6. The minimum Gasteiger partial charge on any atom is -0.414 e. The SMILES string of the molecule is CC(CF)NCc1ccc(-c2nnc(-c3nc(-c4ccc(SC(C)CCF)cc4)cnc3N)o2)c(F)c1. The third-order valence-corrected chi connectivity index (χ3v) is 6.76. The van der Waals surface area contributed by atoms with Gasteiger partial charge in [-0.1, -0.05) is 25.1 Å². The van der Waals surface area contributed by atoms with Crippen molar-refractivity contribution in [2.24, 2.45) is 0 Å². The molecule has 0 bridgehead atoms. The second-order valence-electron chi connectivity index (χ2n) is 8.58. The van der Waals surface area contributed by atoms with Crippen LogP contribution in [0.2, 0.25) is 0 Å². The summed E-state index contributed by atoms with van der Waals surface area (Å²) >= 11 is 1.60. The van der Waals surface area contributed by atoms with E-state index in [1.54, 1.807) is 30.9 Å². The summed E-state index contributed by atoms with van der Waals surface area (Å²) in [6, 6.07) is 11.9. The van der Waals surface area contributed by atoms with Crippen molar-refractivity contribution >= 4 is 17.6 Å². The Labute approximate surface area is 217 Å². The predicted octanol–water partition coefficient (Wildman–Crippen LogP) is 5.87. The largest absolute Gasteiger partial charge is 0.414 e. The Balaban J connectivity index is 1.53. The van der Waals surface area contributed by atoms with Gasteiger partial charge in [-0.3, -0.25) is 4.39 Å². The van der Waals surface area contributed by atoms with E-state index in [0.717, 1.165) is 10.5 Å². The normalized spacial score (nSPS) is 13.0. The number of nitrogens with zero attached hydrogens (tertiary/aromatic N) is 4. The Kier molecular flexibility index (Phi) is 8.78. The summed E-state index contributed by atoms with van der Waals surface area (Å²) in [7, 11) is 0. The van der Waals surface area contributed by atoms with Crippen LogP contribution in [-0.2, 0) is 6.54 Å². The summed E-state index contributed by atoms with van der Waals surface area (Å²) in [5.41, 5.74) is 8.34. The molecule has 11 heteroatoms. The first-order valence-corrected chi connectivity index (χ1v) is 12.6. The number of hydrogen-bond donors (Lipinski definition) is 2. The van der Waals surface area contributed by atoms with Crippen LogP contribution in [0.3, 0.4) is 0 Å². The van der Waals surface area contributed by atoms with Gasteiger partial charge in [-0.2, -0.15) is 0 Å². The Morgan fingerprint density at radius 3 is 2.51 bits per heavy atom. The molecule has 0 radical (unpaired) electrons. The van der Waals surface area contributed by atoms with Crippen LogP contribution in [0, 0.1) is 5.82 Å². The van der Waals surface area contributed by atoms with Crippen LogP contribution in [0.5, 0.6) is 0 Å². The Morgan fingerprint density at radius 1 is 1.05 bits per heavy atom. The summed E-state index contributed by atoms with van der Waals surface area (Å²) in [5, 5.41) is 11.1. The van der Waals surface area contributed by atoms with E-state index in [9.17, 15) is 13.2 Å². The highest BCUT2D eigenvalue weighted by molar-refractivity contribution is 7.99. The molecule has 0 aliphatic heterocycles. The lowest BCUT2D eigenvalue weighted by atomic mass is 10.1. The molecule has 0 saturated heterocycles. The molecule has 2 aromatic heterocycles. The van der Waals surface area contributed by atoms with Gasteiger partial charge in [0.1, 0.15) is 12.5 Å². The first-order valence-electron chi connectivity index (χ1n) is 11.8. The molecule has 0 amide bonds. The molecule has 0 fully saturated rings. The Hall–Kier alpha value is -3.44. The van der Waals surface area contributed by atoms with Crippen LogP contribution in [0.25, 0.3) is 34.3 Å². The van der Waals surface area contributed by atoms with Gasteiger partial charge in [-0.15, -0.1) is 22.0 Å². The highest BCUT2D eigenvalue weighted by Crippen LogP contribution is 2.31. The number of alkyl halides is 2. The highest BCUT2D eigenvalue weighted by Gasteiger charge is 2.19. The number of hydrogen-bond acceptors (Lipinski definition) is 8. The number of halogens is 3. The number of nitrogen functional groups attached to an aromatic ring is 1. The minimum absolute atomic E-state index is 0.0102. The van der Waals surface area contributed by atoms with Crippen molar-refractivity contribution in [1.82, 2.24) is 25.5 Å². The molecule has 0 spiro atoms. The molecule has 3 N–H and O–H groups in total. The van der Waals surface area contributed by atoms with E-state index in [-0.39, 0.29) is 46.8 Å². The molecular formula is C26H27F3N6OS. The Bertz CT molecular complexity index is 1330. The van der Waals surface area contributed by atoms with Crippen molar-refractivity contribution in [3.63, 3.8) is 0 Å². The fraction of sp³-hybridized carbons (Fsp3) is 0.308. The quantitative estimate of drug-likeness (QED) is 0.233. The second-order valence-corrected chi connectivity index (χ2v) is 10.1. The fourth-order valence-corrected chi connectivity index (χ4v) is 4.43. The lowest BCUT2D eigenvalue weighted by Crippen LogP contribution is -2.27. The van der Waals surface area contributed by atoms with E-state index < -0.39 is 12.5 Å². The van der Waals surface area contributed by atoms with Gasteiger partial charge in [0, 0.05) is 28.3 Å². The van der Waals surface area contributed by atoms with E-state index >= 15 is 0 Å². The smallest absolute Gasteiger partial charge is 0.270 e. The molecule has 4 aromatic rings. The zero-order valence-corrected chi connectivity index (χ0v) is 21.2. The maximum absolute atomic E-state index is 14.8. The van der Waals surface area contributed by atoms with Crippen LogP contribution >= 0.6 is 11.8 Å². The first-order chi connectivity index (χ1) is 17.9. The van der Waals surface area contributed by atoms with Gasteiger partial charge in [0.25, 0.3) is 11.8 Å². The van der Waals surface area contributed by atoms with E-state index in [1.807, 2.05) is 31.2 Å². The summed E-state index contributed by atoms with van der Waals surface area (Å²) in [6.45, 7) is 3.17. The van der Waals surface area contributed by atoms with Crippen LogP contribution in [0.4, 0.5) is 19.0 Å². The number of rotatable bonds is 11. The summed E-state index contributed by atoms with van der Waals surface area (Å²) in [6.07, 6.45) is 2.04.